The van der Waals surface area contributed by atoms with E-state index in [0.29, 0.717) is 18.6 Å². The zero-order valence-corrected chi connectivity index (χ0v) is 20.0. The van der Waals surface area contributed by atoms with Crippen LogP contribution < -0.4 is 0 Å². The van der Waals surface area contributed by atoms with E-state index < -0.39 is 0 Å². The van der Waals surface area contributed by atoms with Gasteiger partial charge in [-0.1, -0.05) is 60.7 Å². The number of halogens is 1. The van der Waals surface area contributed by atoms with Crippen LogP contribution in [0.3, 0.4) is 0 Å². The number of piperidine rings is 1. The van der Waals surface area contributed by atoms with Crippen LogP contribution in [0, 0.1) is 17.1 Å². The summed E-state index contributed by atoms with van der Waals surface area (Å²) in [5.41, 5.74) is 7.07. The quantitative estimate of drug-likeness (QED) is 0.412. The maximum Gasteiger partial charge on any atom is 0.410 e. The fourth-order valence-electron chi connectivity index (χ4n) is 6.20. The number of rotatable bonds is 4. The van der Waals surface area contributed by atoms with E-state index in [0.717, 1.165) is 30.4 Å². The van der Waals surface area contributed by atoms with Gasteiger partial charge >= 0.3 is 6.09 Å². The Morgan fingerprint density at radius 3 is 2.42 bits per heavy atom. The van der Waals surface area contributed by atoms with Crippen molar-refractivity contribution in [2.45, 2.75) is 50.1 Å². The molecule has 1 aliphatic carbocycles. The first-order valence-electron chi connectivity index (χ1n) is 12.6. The minimum atomic E-state index is -0.291. The molecule has 1 amide bonds. The Bertz CT molecular complexity index is 1360. The lowest BCUT2D eigenvalue weighted by Gasteiger charge is -2.44. The van der Waals surface area contributed by atoms with E-state index in [2.05, 4.69) is 30.3 Å². The van der Waals surface area contributed by atoms with Gasteiger partial charge in [-0.05, 0) is 71.2 Å². The van der Waals surface area contributed by atoms with Gasteiger partial charge < -0.3 is 4.74 Å². The van der Waals surface area contributed by atoms with Crippen LogP contribution in [0.1, 0.15) is 53.9 Å². The molecule has 0 aromatic heterocycles. The third kappa shape index (κ3) is 3.87. The van der Waals surface area contributed by atoms with Crippen molar-refractivity contribution in [1.82, 2.24) is 4.90 Å². The second-order valence-corrected chi connectivity index (χ2v) is 9.91. The Hall–Kier alpha value is -3.91. The third-order valence-corrected chi connectivity index (χ3v) is 7.84. The predicted molar refractivity (Wildman–Crippen MR) is 137 cm³/mol. The standard InChI is InChI=1S/C31H27FN2O2/c32-30-13-12-20(14-15-33)16-28(30)21-17-22-6-5-7-23(18-21)34(22)31(35)36-19-29-26-10-3-1-8-24(26)25-9-2-4-11-27(25)29/h1-4,8-13,16-17,22-23,29H,5-7,14,18-19H2. The molecule has 180 valence electrons. The highest BCUT2D eigenvalue weighted by atomic mass is 19.1. The minimum absolute atomic E-state index is 0.0153. The summed E-state index contributed by atoms with van der Waals surface area (Å²) in [6.07, 6.45) is 5.32. The van der Waals surface area contributed by atoms with Crippen molar-refractivity contribution < 1.29 is 13.9 Å². The normalized spacial score (nSPS) is 20.2. The van der Waals surface area contributed by atoms with E-state index in [1.807, 2.05) is 35.2 Å². The van der Waals surface area contributed by atoms with Gasteiger partial charge in [0.25, 0.3) is 0 Å². The molecule has 0 saturated carbocycles. The Balaban J connectivity index is 1.22. The molecule has 3 aliphatic rings. The molecule has 3 aromatic carbocycles. The molecular weight excluding hydrogens is 451 g/mol. The molecule has 36 heavy (non-hydrogen) atoms. The number of hydrogen-bond donors (Lipinski definition) is 0. The summed E-state index contributed by atoms with van der Waals surface area (Å²) in [4.78, 5) is 15.3. The van der Waals surface area contributed by atoms with Crippen molar-refractivity contribution in [1.29, 1.82) is 5.26 Å². The smallest absolute Gasteiger partial charge is 0.410 e. The number of nitriles is 1. The van der Waals surface area contributed by atoms with Crippen LogP contribution in [0.25, 0.3) is 16.7 Å². The first-order valence-corrected chi connectivity index (χ1v) is 12.6. The number of amides is 1. The zero-order valence-electron chi connectivity index (χ0n) is 20.0. The zero-order chi connectivity index (χ0) is 24.6. The van der Waals surface area contributed by atoms with E-state index in [1.54, 1.807) is 12.1 Å². The summed E-state index contributed by atoms with van der Waals surface area (Å²) in [7, 11) is 0. The number of nitrogens with zero attached hydrogens (tertiary/aromatic N) is 2. The van der Waals surface area contributed by atoms with Crippen molar-refractivity contribution in [3.63, 3.8) is 0 Å². The molecule has 5 heteroatoms. The Morgan fingerprint density at radius 2 is 1.72 bits per heavy atom. The molecule has 6 rings (SSSR count). The molecule has 0 spiro atoms. The van der Waals surface area contributed by atoms with Gasteiger partial charge in [-0.3, -0.25) is 4.90 Å². The molecular formula is C31H27FN2O2. The average Bonchev–Trinajstić information content (AvgIpc) is 3.21. The van der Waals surface area contributed by atoms with Crippen LogP contribution >= 0.6 is 0 Å². The van der Waals surface area contributed by atoms with Crippen molar-refractivity contribution in [2.75, 3.05) is 6.61 Å². The highest BCUT2D eigenvalue weighted by Gasteiger charge is 2.39. The first-order chi connectivity index (χ1) is 17.6. The molecule has 3 aromatic rings. The Kier molecular flexibility index (Phi) is 5.81. The minimum Gasteiger partial charge on any atom is -0.448 e. The van der Waals surface area contributed by atoms with Crippen molar-refractivity contribution >= 4 is 11.7 Å². The molecule has 4 nitrogen and oxygen atoms in total. The molecule has 0 N–H and O–H groups in total. The van der Waals surface area contributed by atoms with Crippen molar-refractivity contribution in [3.05, 3.63) is 101 Å². The predicted octanol–water partition coefficient (Wildman–Crippen LogP) is 6.85. The van der Waals surface area contributed by atoms with Crippen molar-refractivity contribution in [3.8, 4) is 17.2 Å². The van der Waals surface area contributed by atoms with Gasteiger partial charge in [0.05, 0.1) is 18.5 Å². The summed E-state index contributed by atoms with van der Waals surface area (Å²) < 4.78 is 20.7. The number of ether oxygens (including phenoxy) is 1. The Labute approximate surface area is 210 Å². The molecule has 1 fully saturated rings. The fourth-order valence-corrected chi connectivity index (χ4v) is 6.20. The van der Waals surface area contributed by atoms with E-state index >= 15 is 0 Å². The topological polar surface area (TPSA) is 53.3 Å². The van der Waals surface area contributed by atoms with E-state index in [-0.39, 0.29) is 36.3 Å². The number of fused-ring (bicyclic) bond motifs is 5. The van der Waals surface area contributed by atoms with Gasteiger partial charge in [0.15, 0.2) is 0 Å². The molecule has 0 radical (unpaired) electrons. The van der Waals surface area contributed by atoms with Crippen LogP contribution in [-0.2, 0) is 11.2 Å². The largest absolute Gasteiger partial charge is 0.448 e. The second-order valence-electron chi connectivity index (χ2n) is 9.91. The number of carbonyl (C=O) groups is 1. The monoisotopic (exact) mass is 478 g/mol. The third-order valence-electron chi connectivity index (χ3n) is 7.84. The average molecular weight is 479 g/mol. The molecule has 2 atom stereocenters. The lowest BCUT2D eigenvalue weighted by Crippen LogP contribution is -2.52. The SMILES string of the molecule is N#CCc1ccc(F)c(C2=CC3CCCC(C2)N3C(=O)OCC2c3ccccc3-c3ccccc32)c1. The van der Waals surface area contributed by atoms with Crippen LogP contribution in [-0.4, -0.2) is 29.7 Å². The van der Waals surface area contributed by atoms with Crippen LogP contribution in [0.15, 0.2) is 72.8 Å². The summed E-state index contributed by atoms with van der Waals surface area (Å²) >= 11 is 0. The summed E-state index contributed by atoms with van der Waals surface area (Å²) in [6, 6.07) is 23.5. The summed E-state index contributed by atoms with van der Waals surface area (Å²) in [6.45, 7) is 0.296. The second kappa shape index (κ2) is 9.28. The van der Waals surface area contributed by atoms with Gasteiger partial charge in [0.1, 0.15) is 12.4 Å². The van der Waals surface area contributed by atoms with Gasteiger partial charge in [0.2, 0.25) is 0 Å². The van der Waals surface area contributed by atoms with Gasteiger partial charge in [-0.15, -0.1) is 0 Å². The number of carbonyl (C=O) groups excluding carboxylic acids is 1. The lowest BCUT2D eigenvalue weighted by molar-refractivity contribution is 0.0538. The van der Waals surface area contributed by atoms with Crippen LogP contribution in [0.5, 0.6) is 0 Å². The summed E-state index contributed by atoms with van der Waals surface area (Å²) in [5.74, 6) is -0.260. The lowest BCUT2D eigenvalue weighted by atomic mass is 9.82. The number of benzene rings is 3. The molecule has 2 heterocycles. The van der Waals surface area contributed by atoms with E-state index in [4.69, 9.17) is 10.00 Å². The van der Waals surface area contributed by atoms with Crippen LogP contribution in [0.2, 0.25) is 0 Å². The maximum atomic E-state index is 14.7. The van der Waals surface area contributed by atoms with Crippen molar-refractivity contribution in [2.24, 2.45) is 0 Å². The molecule has 2 aliphatic heterocycles. The molecule has 1 saturated heterocycles. The highest BCUT2D eigenvalue weighted by molar-refractivity contribution is 5.79. The highest BCUT2D eigenvalue weighted by Crippen LogP contribution is 2.45. The molecule has 2 unspecified atom stereocenters. The van der Waals surface area contributed by atoms with E-state index in [9.17, 15) is 9.18 Å². The van der Waals surface area contributed by atoms with Gasteiger partial charge in [0, 0.05) is 17.5 Å². The first kappa shape index (κ1) is 22.5. The fraction of sp³-hybridized carbons (Fsp3) is 0.290. The van der Waals surface area contributed by atoms with E-state index in [1.165, 1.54) is 28.3 Å². The van der Waals surface area contributed by atoms with Crippen LogP contribution in [0.4, 0.5) is 9.18 Å². The van der Waals surface area contributed by atoms with Gasteiger partial charge in [-0.25, -0.2) is 9.18 Å². The molecule has 2 bridgehead atoms. The number of hydrogen-bond acceptors (Lipinski definition) is 3. The van der Waals surface area contributed by atoms with Gasteiger partial charge in [-0.2, -0.15) is 5.26 Å². The Morgan fingerprint density at radius 1 is 1.00 bits per heavy atom. The summed E-state index contributed by atoms with van der Waals surface area (Å²) in [5, 5.41) is 9.04. The maximum absolute atomic E-state index is 14.7.